The van der Waals surface area contributed by atoms with Gasteiger partial charge < -0.3 is 14.4 Å². The SMILES string of the molecule is COc1ccc(C=O)cc1CN(C)CC1CCOCC1. The van der Waals surface area contributed by atoms with Crippen molar-refractivity contribution in [2.45, 2.75) is 19.4 Å². The van der Waals surface area contributed by atoms with Crippen LogP contribution in [-0.2, 0) is 11.3 Å². The van der Waals surface area contributed by atoms with Gasteiger partial charge >= 0.3 is 0 Å². The topological polar surface area (TPSA) is 38.8 Å². The van der Waals surface area contributed by atoms with Crippen LogP contribution in [0.3, 0.4) is 0 Å². The minimum atomic E-state index is 0.695. The first-order chi connectivity index (χ1) is 9.72. The standard InChI is InChI=1S/C16H23NO3/c1-17(10-13-5-7-20-8-6-13)11-15-9-14(12-18)3-4-16(15)19-2/h3-4,9,12-13H,5-8,10-11H2,1-2H3. The third-order valence-corrected chi connectivity index (χ3v) is 3.79. The van der Waals surface area contributed by atoms with Crippen LogP contribution in [0.4, 0.5) is 0 Å². The molecule has 0 saturated carbocycles. The predicted octanol–water partition coefficient (Wildman–Crippen LogP) is 2.37. The second-order valence-electron chi connectivity index (χ2n) is 5.44. The highest BCUT2D eigenvalue weighted by atomic mass is 16.5. The lowest BCUT2D eigenvalue weighted by atomic mass is 9.99. The first-order valence-electron chi connectivity index (χ1n) is 7.11. The molecule has 0 aromatic heterocycles. The van der Waals surface area contributed by atoms with Gasteiger partial charge in [0.2, 0.25) is 0 Å². The number of hydrogen-bond donors (Lipinski definition) is 0. The number of hydrogen-bond acceptors (Lipinski definition) is 4. The fourth-order valence-electron chi connectivity index (χ4n) is 2.72. The Balaban J connectivity index is 1.98. The highest BCUT2D eigenvalue weighted by Crippen LogP contribution is 2.22. The van der Waals surface area contributed by atoms with E-state index in [1.54, 1.807) is 13.2 Å². The third-order valence-electron chi connectivity index (χ3n) is 3.79. The molecule has 0 aliphatic carbocycles. The molecule has 1 aliphatic heterocycles. The highest BCUT2D eigenvalue weighted by Gasteiger charge is 2.16. The molecule has 0 unspecified atom stereocenters. The third kappa shape index (κ3) is 4.05. The molecule has 20 heavy (non-hydrogen) atoms. The van der Waals surface area contributed by atoms with Crippen LogP contribution >= 0.6 is 0 Å². The minimum absolute atomic E-state index is 0.695. The van der Waals surface area contributed by atoms with Gasteiger partial charge in [0.25, 0.3) is 0 Å². The van der Waals surface area contributed by atoms with Gasteiger partial charge in [-0.05, 0) is 44.0 Å². The number of nitrogens with zero attached hydrogens (tertiary/aromatic N) is 1. The molecule has 0 bridgehead atoms. The summed E-state index contributed by atoms with van der Waals surface area (Å²) in [5.74, 6) is 1.54. The largest absolute Gasteiger partial charge is 0.496 e. The lowest BCUT2D eigenvalue weighted by Crippen LogP contribution is -2.29. The molecule has 1 heterocycles. The lowest BCUT2D eigenvalue weighted by molar-refractivity contribution is 0.0549. The summed E-state index contributed by atoms with van der Waals surface area (Å²) in [6, 6.07) is 5.56. The Morgan fingerprint density at radius 3 is 2.80 bits per heavy atom. The molecule has 0 radical (unpaired) electrons. The summed E-state index contributed by atoms with van der Waals surface area (Å²) < 4.78 is 10.8. The molecule has 1 saturated heterocycles. The monoisotopic (exact) mass is 277 g/mol. The number of carbonyl (C=O) groups is 1. The van der Waals surface area contributed by atoms with Crippen molar-refractivity contribution in [2.24, 2.45) is 5.92 Å². The van der Waals surface area contributed by atoms with E-state index in [1.807, 2.05) is 12.1 Å². The van der Waals surface area contributed by atoms with Gasteiger partial charge in [-0.15, -0.1) is 0 Å². The fraction of sp³-hybridized carbons (Fsp3) is 0.562. The minimum Gasteiger partial charge on any atom is -0.496 e. The zero-order valence-corrected chi connectivity index (χ0v) is 12.3. The summed E-state index contributed by atoms with van der Waals surface area (Å²) in [6.07, 6.45) is 3.15. The van der Waals surface area contributed by atoms with Gasteiger partial charge in [0, 0.05) is 37.4 Å². The van der Waals surface area contributed by atoms with Gasteiger partial charge in [-0.1, -0.05) is 0 Å². The molecule has 4 heteroatoms. The summed E-state index contributed by atoms with van der Waals surface area (Å²) in [5, 5.41) is 0. The molecular weight excluding hydrogens is 254 g/mol. The number of methoxy groups -OCH3 is 1. The molecule has 4 nitrogen and oxygen atoms in total. The van der Waals surface area contributed by atoms with E-state index in [2.05, 4.69) is 11.9 Å². The molecule has 0 amide bonds. The van der Waals surface area contributed by atoms with Crippen molar-refractivity contribution in [3.8, 4) is 5.75 Å². The van der Waals surface area contributed by atoms with Crippen LogP contribution in [0.25, 0.3) is 0 Å². The lowest BCUT2D eigenvalue weighted by Gasteiger charge is -2.27. The normalized spacial score (nSPS) is 16.4. The number of rotatable bonds is 6. The van der Waals surface area contributed by atoms with Gasteiger partial charge in [0.1, 0.15) is 12.0 Å². The summed E-state index contributed by atoms with van der Waals surface area (Å²) in [5.41, 5.74) is 1.76. The van der Waals surface area contributed by atoms with Crippen LogP contribution in [0.15, 0.2) is 18.2 Å². The van der Waals surface area contributed by atoms with Crippen LogP contribution in [0.2, 0.25) is 0 Å². The predicted molar refractivity (Wildman–Crippen MR) is 78.3 cm³/mol. The number of aldehydes is 1. The maximum atomic E-state index is 10.9. The van der Waals surface area contributed by atoms with Crippen molar-refractivity contribution in [1.82, 2.24) is 4.90 Å². The van der Waals surface area contributed by atoms with Crippen molar-refractivity contribution in [3.05, 3.63) is 29.3 Å². The zero-order chi connectivity index (χ0) is 14.4. The Morgan fingerprint density at radius 1 is 1.40 bits per heavy atom. The van der Waals surface area contributed by atoms with Gasteiger partial charge in [0.05, 0.1) is 7.11 Å². The Bertz CT molecular complexity index is 441. The van der Waals surface area contributed by atoms with Crippen molar-refractivity contribution in [2.75, 3.05) is 33.9 Å². The van der Waals surface area contributed by atoms with Crippen molar-refractivity contribution in [1.29, 1.82) is 0 Å². The Kier molecular flexibility index (Phi) is 5.56. The van der Waals surface area contributed by atoms with Crippen LogP contribution < -0.4 is 4.74 Å². The molecule has 0 atom stereocenters. The fourth-order valence-corrected chi connectivity index (χ4v) is 2.72. The van der Waals surface area contributed by atoms with E-state index in [0.29, 0.717) is 11.5 Å². The first kappa shape index (κ1) is 15.0. The Morgan fingerprint density at radius 2 is 2.15 bits per heavy atom. The van der Waals surface area contributed by atoms with Crippen LogP contribution in [0, 0.1) is 5.92 Å². The molecule has 1 aliphatic rings. The van der Waals surface area contributed by atoms with E-state index in [-0.39, 0.29) is 0 Å². The summed E-state index contributed by atoms with van der Waals surface area (Å²) in [6.45, 7) is 3.60. The zero-order valence-electron chi connectivity index (χ0n) is 12.3. The van der Waals surface area contributed by atoms with Crippen LogP contribution in [0.5, 0.6) is 5.75 Å². The number of ether oxygens (including phenoxy) is 2. The van der Waals surface area contributed by atoms with Crippen molar-refractivity contribution in [3.63, 3.8) is 0 Å². The van der Waals surface area contributed by atoms with E-state index < -0.39 is 0 Å². The average Bonchev–Trinajstić information content (AvgIpc) is 2.48. The molecule has 0 spiro atoms. The van der Waals surface area contributed by atoms with Gasteiger partial charge in [-0.25, -0.2) is 0 Å². The maximum Gasteiger partial charge on any atom is 0.150 e. The van der Waals surface area contributed by atoms with Gasteiger partial charge in [-0.3, -0.25) is 4.79 Å². The van der Waals surface area contributed by atoms with Gasteiger partial charge in [0.15, 0.2) is 0 Å². The van der Waals surface area contributed by atoms with Crippen LogP contribution in [0.1, 0.15) is 28.8 Å². The maximum absolute atomic E-state index is 10.9. The van der Waals surface area contributed by atoms with E-state index in [1.165, 1.54) is 0 Å². The summed E-state index contributed by atoms with van der Waals surface area (Å²) in [4.78, 5) is 13.2. The smallest absolute Gasteiger partial charge is 0.150 e. The quantitative estimate of drug-likeness (QED) is 0.748. The average molecular weight is 277 g/mol. The Labute approximate surface area is 120 Å². The molecule has 0 N–H and O–H groups in total. The Hall–Kier alpha value is -1.39. The molecule has 1 aromatic carbocycles. The molecule has 1 fully saturated rings. The summed E-state index contributed by atoms with van der Waals surface area (Å²) >= 11 is 0. The number of benzene rings is 1. The van der Waals surface area contributed by atoms with Crippen molar-refractivity contribution < 1.29 is 14.3 Å². The molecule has 110 valence electrons. The van der Waals surface area contributed by atoms with E-state index in [0.717, 1.165) is 56.7 Å². The van der Waals surface area contributed by atoms with Crippen molar-refractivity contribution >= 4 is 6.29 Å². The van der Waals surface area contributed by atoms with Gasteiger partial charge in [-0.2, -0.15) is 0 Å². The highest BCUT2D eigenvalue weighted by molar-refractivity contribution is 5.75. The van der Waals surface area contributed by atoms with E-state index in [4.69, 9.17) is 9.47 Å². The second-order valence-corrected chi connectivity index (χ2v) is 5.44. The molecular formula is C16H23NO3. The van der Waals surface area contributed by atoms with E-state index in [9.17, 15) is 4.79 Å². The number of carbonyl (C=O) groups excluding carboxylic acids is 1. The van der Waals surface area contributed by atoms with E-state index >= 15 is 0 Å². The second kappa shape index (κ2) is 7.41. The van der Waals surface area contributed by atoms with Crippen LogP contribution in [-0.4, -0.2) is 45.1 Å². The summed E-state index contributed by atoms with van der Waals surface area (Å²) in [7, 11) is 3.78. The first-order valence-corrected chi connectivity index (χ1v) is 7.11. The molecule has 2 rings (SSSR count). The molecule has 1 aromatic rings.